The van der Waals surface area contributed by atoms with Gasteiger partial charge in [-0.1, -0.05) is 72.4 Å². The number of alkyl carbamates (subject to hydrolysis) is 1. The molecule has 0 aliphatic carbocycles. The maximum atomic E-state index is 13.7. The van der Waals surface area contributed by atoms with Crippen LogP contribution in [0.1, 0.15) is 31.9 Å². The summed E-state index contributed by atoms with van der Waals surface area (Å²) in [4.78, 5) is 32.6. The second-order valence-electron chi connectivity index (χ2n) is 11.6. The summed E-state index contributed by atoms with van der Waals surface area (Å²) in [7, 11) is -3.24. The number of carbonyl (C=O) groups is 2. The number of aliphatic imine (C=N–C) groups is 1. The molecule has 2 fully saturated rings. The molecule has 3 unspecified atom stereocenters. The molecule has 0 aromatic heterocycles. The lowest BCUT2D eigenvalue weighted by Crippen LogP contribution is -2.45. The van der Waals surface area contributed by atoms with Crippen LogP contribution in [-0.4, -0.2) is 60.0 Å². The van der Waals surface area contributed by atoms with Gasteiger partial charge in [-0.15, -0.1) is 0 Å². The standard InChI is InChI=1S/C32H35N3O6S2/c1-32(2,3)41-31(37)33-26(18-22-10-6-4-7-11-22)29(36)34-30-35(27-20-43(38,39)21-28(27)42-30)24-14-16-25(17-15-24)40-19-23-12-8-5-9-13-23/h4-17,26-28H,18-21H2,1-3H3,(H,33,37). The van der Waals surface area contributed by atoms with Crippen LogP contribution >= 0.6 is 11.8 Å². The zero-order valence-corrected chi connectivity index (χ0v) is 25.9. The molecule has 5 rings (SSSR count). The summed E-state index contributed by atoms with van der Waals surface area (Å²) >= 11 is 1.28. The molecule has 2 aliphatic rings. The normalized spacial score (nSPS) is 20.8. The number of amides is 2. The van der Waals surface area contributed by atoms with Crippen molar-refractivity contribution in [3.63, 3.8) is 0 Å². The highest BCUT2D eigenvalue weighted by Gasteiger charge is 2.49. The van der Waals surface area contributed by atoms with Crippen LogP contribution in [0.5, 0.6) is 5.75 Å². The predicted molar refractivity (Wildman–Crippen MR) is 169 cm³/mol. The van der Waals surface area contributed by atoms with E-state index in [0.29, 0.717) is 23.2 Å². The van der Waals surface area contributed by atoms with Gasteiger partial charge in [-0.3, -0.25) is 4.79 Å². The highest BCUT2D eigenvalue weighted by atomic mass is 32.2. The minimum Gasteiger partial charge on any atom is -0.489 e. The first kappa shape index (κ1) is 30.6. The Balaban J connectivity index is 1.39. The number of thioether (sulfide) groups is 1. The van der Waals surface area contributed by atoms with Crippen molar-refractivity contribution >= 4 is 44.5 Å². The largest absolute Gasteiger partial charge is 0.489 e. The average molecular weight is 622 g/mol. The fourth-order valence-electron chi connectivity index (χ4n) is 4.98. The lowest BCUT2D eigenvalue weighted by atomic mass is 10.1. The summed E-state index contributed by atoms with van der Waals surface area (Å²) < 4.78 is 36.4. The monoisotopic (exact) mass is 621 g/mol. The topological polar surface area (TPSA) is 114 Å². The third-order valence-corrected chi connectivity index (χ3v) is 10.1. The second-order valence-corrected chi connectivity index (χ2v) is 14.9. The summed E-state index contributed by atoms with van der Waals surface area (Å²) in [5.41, 5.74) is 1.85. The number of rotatable bonds is 8. The van der Waals surface area contributed by atoms with Gasteiger partial charge in [0.2, 0.25) is 0 Å². The Bertz CT molecular complexity index is 1570. The SMILES string of the molecule is CC(C)(C)OC(=O)NC(Cc1ccccc1)C(=O)N=C1SC2CS(=O)(=O)CC2N1c1ccc(OCc2ccccc2)cc1. The minimum absolute atomic E-state index is 0.00785. The molecule has 2 amide bonds. The lowest BCUT2D eigenvalue weighted by molar-refractivity contribution is -0.119. The van der Waals surface area contributed by atoms with Crippen LogP contribution in [0.15, 0.2) is 89.9 Å². The van der Waals surface area contributed by atoms with Crippen molar-refractivity contribution in [1.82, 2.24) is 5.32 Å². The summed E-state index contributed by atoms with van der Waals surface area (Å²) in [6.07, 6.45) is -0.498. The summed E-state index contributed by atoms with van der Waals surface area (Å²) in [5, 5.41) is 2.82. The molecular weight excluding hydrogens is 587 g/mol. The molecular formula is C32H35N3O6S2. The van der Waals surface area contributed by atoms with E-state index >= 15 is 0 Å². The molecule has 2 heterocycles. The van der Waals surface area contributed by atoms with Gasteiger partial charge in [0.25, 0.3) is 5.91 Å². The maximum absolute atomic E-state index is 13.7. The van der Waals surface area contributed by atoms with E-state index in [2.05, 4.69) is 10.3 Å². The maximum Gasteiger partial charge on any atom is 0.408 e. The molecule has 2 saturated heterocycles. The van der Waals surface area contributed by atoms with E-state index in [9.17, 15) is 18.0 Å². The van der Waals surface area contributed by atoms with Crippen molar-refractivity contribution in [2.75, 3.05) is 16.4 Å². The molecule has 0 bridgehead atoms. The van der Waals surface area contributed by atoms with Crippen molar-refractivity contribution in [3.05, 3.63) is 96.1 Å². The molecule has 0 saturated carbocycles. The van der Waals surface area contributed by atoms with E-state index in [-0.39, 0.29) is 29.2 Å². The Labute approximate surface area is 256 Å². The molecule has 11 heteroatoms. The number of benzene rings is 3. The fourth-order valence-corrected chi connectivity index (χ4v) is 8.90. The highest BCUT2D eigenvalue weighted by Crippen LogP contribution is 2.41. The molecule has 0 radical (unpaired) electrons. The first-order valence-electron chi connectivity index (χ1n) is 14.0. The number of nitrogens with zero attached hydrogens (tertiary/aromatic N) is 2. The molecule has 2 aliphatic heterocycles. The quantitative estimate of drug-likeness (QED) is 0.374. The molecule has 1 N–H and O–H groups in total. The van der Waals surface area contributed by atoms with Crippen LogP contribution in [-0.2, 0) is 32.4 Å². The van der Waals surface area contributed by atoms with Gasteiger partial charge < -0.3 is 19.7 Å². The van der Waals surface area contributed by atoms with Crippen LogP contribution in [0.2, 0.25) is 0 Å². The van der Waals surface area contributed by atoms with E-state index < -0.39 is 33.5 Å². The Kier molecular flexibility index (Phi) is 9.12. The first-order chi connectivity index (χ1) is 20.5. The minimum atomic E-state index is -3.24. The average Bonchev–Trinajstić information content (AvgIpc) is 3.42. The van der Waals surface area contributed by atoms with E-state index in [1.165, 1.54) is 11.8 Å². The molecule has 3 atom stereocenters. The number of amidine groups is 1. The van der Waals surface area contributed by atoms with Crippen molar-refractivity contribution < 1.29 is 27.5 Å². The molecule has 0 spiro atoms. The number of fused-ring (bicyclic) bond motifs is 1. The number of ether oxygens (including phenoxy) is 2. The Morgan fingerprint density at radius 2 is 1.58 bits per heavy atom. The van der Waals surface area contributed by atoms with Gasteiger partial charge in [-0.25, -0.2) is 13.2 Å². The van der Waals surface area contributed by atoms with Crippen LogP contribution in [0, 0.1) is 0 Å². The molecule has 3 aromatic carbocycles. The van der Waals surface area contributed by atoms with Gasteiger partial charge in [-0.2, -0.15) is 4.99 Å². The third-order valence-electron chi connectivity index (χ3n) is 6.91. The van der Waals surface area contributed by atoms with Crippen molar-refractivity contribution in [1.29, 1.82) is 0 Å². The van der Waals surface area contributed by atoms with E-state index in [1.807, 2.05) is 89.8 Å². The zero-order chi connectivity index (χ0) is 30.6. The van der Waals surface area contributed by atoms with Gasteiger partial charge >= 0.3 is 6.09 Å². The van der Waals surface area contributed by atoms with E-state index in [1.54, 1.807) is 20.8 Å². The Hall–Kier alpha value is -3.83. The summed E-state index contributed by atoms with van der Waals surface area (Å²) in [6, 6.07) is 25.1. The first-order valence-corrected chi connectivity index (χ1v) is 16.7. The van der Waals surface area contributed by atoms with Crippen LogP contribution < -0.4 is 15.0 Å². The number of nitrogens with one attached hydrogen (secondary N) is 1. The molecule has 226 valence electrons. The van der Waals surface area contributed by atoms with Gasteiger partial charge in [0.15, 0.2) is 15.0 Å². The van der Waals surface area contributed by atoms with Crippen molar-refractivity contribution in [2.24, 2.45) is 4.99 Å². The van der Waals surface area contributed by atoms with Gasteiger partial charge in [0, 0.05) is 17.4 Å². The van der Waals surface area contributed by atoms with E-state index in [0.717, 1.165) is 11.1 Å². The lowest BCUT2D eigenvalue weighted by Gasteiger charge is -2.25. The van der Waals surface area contributed by atoms with Gasteiger partial charge in [0.1, 0.15) is 24.0 Å². The number of hydrogen-bond acceptors (Lipinski definition) is 7. The number of sulfone groups is 1. The molecule has 9 nitrogen and oxygen atoms in total. The smallest absolute Gasteiger partial charge is 0.408 e. The van der Waals surface area contributed by atoms with Gasteiger partial charge in [-0.05, 0) is 56.2 Å². The predicted octanol–water partition coefficient (Wildman–Crippen LogP) is 5.00. The number of carbonyl (C=O) groups excluding carboxylic acids is 2. The highest BCUT2D eigenvalue weighted by molar-refractivity contribution is 8.16. The van der Waals surface area contributed by atoms with Crippen LogP contribution in [0.4, 0.5) is 10.5 Å². The molecule has 43 heavy (non-hydrogen) atoms. The third kappa shape index (κ3) is 8.17. The van der Waals surface area contributed by atoms with Crippen LogP contribution in [0.3, 0.4) is 0 Å². The van der Waals surface area contributed by atoms with E-state index in [4.69, 9.17) is 9.47 Å². The summed E-state index contributed by atoms with van der Waals surface area (Å²) in [5.74, 6) is 0.0868. The van der Waals surface area contributed by atoms with Crippen molar-refractivity contribution in [2.45, 2.75) is 56.7 Å². The Morgan fingerprint density at radius 3 is 2.21 bits per heavy atom. The second kappa shape index (κ2) is 12.8. The van der Waals surface area contributed by atoms with Gasteiger partial charge in [0.05, 0.1) is 17.5 Å². The van der Waals surface area contributed by atoms with Crippen molar-refractivity contribution in [3.8, 4) is 5.75 Å². The number of hydrogen-bond donors (Lipinski definition) is 1. The van der Waals surface area contributed by atoms with Crippen LogP contribution in [0.25, 0.3) is 0 Å². The summed E-state index contributed by atoms with van der Waals surface area (Å²) in [6.45, 7) is 5.66. The zero-order valence-electron chi connectivity index (χ0n) is 24.3. The molecule has 3 aromatic rings. The number of anilines is 1. The Morgan fingerprint density at radius 1 is 0.953 bits per heavy atom. The fraction of sp³-hybridized carbons (Fsp3) is 0.344.